The van der Waals surface area contributed by atoms with Gasteiger partial charge in [0.1, 0.15) is 0 Å². The number of Topliss-reactive ketones (excluding diaryl/α,β-unsaturated/α-hetero) is 1. The van der Waals surface area contributed by atoms with Gasteiger partial charge in [-0.2, -0.15) is 0 Å². The van der Waals surface area contributed by atoms with Crippen molar-refractivity contribution in [3.05, 3.63) is 23.1 Å². The smallest absolute Gasteiger partial charge is 0.156 e. The van der Waals surface area contributed by atoms with E-state index in [9.17, 15) is 4.79 Å². The molecule has 0 radical (unpaired) electrons. The Balaban J connectivity index is 2.68. The fraction of sp³-hybridized carbons (Fsp3) is 0.286. The lowest BCUT2D eigenvalue weighted by atomic mass is 10.2. The minimum atomic E-state index is 0.187. The molecule has 0 unspecified atom stereocenters. The summed E-state index contributed by atoms with van der Waals surface area (Å²) < 4.78 is 0. The molecule has 1 heterocycles. The maximum Gasteiger partial charge on any atom is 0.156 e. The van der Waals surface area contributed by atoms with Gasteiger partial charge in [-0.1, -0.05) is 12.2 Å². The number of hydrogen-bond donors (Lipinski definition) is 0. The molecule has 48 valence electrons. The van der Waals surface area contributed by atoms with E-state index in [1.807, 2.05) is 17.6 Å². The summed E-state index contributed by atoms with van der Waals surface area (Å²) in [5.74, 6) is 1.03. The Kier molecular flexibility index (Phi) is 2.11. The predicted octanol–water partition coefficient (Wildman–Crippen LogP) is 1.76. The molecule has 1 aliphatic heterocycles. The van der Waals surface area contributed by atoms with Crippen LogP contribution in [0.3, 0.4) is 0 Å². The van der Waals surface area contributed by atoms with Gasteiger partial charge < -0.3 is 0 Å². The van der Waals surface area contributed by atoms with Gasteiger partial charge in [-0.15, -0.1) is 11.8 Å². The van der Waals surface area contributed by atoms with Crippen molar-refractivity contribution in [1.29, 1.82) is 0 Å². The molecule has 0 spiro atoms. The Morgan fingerprint density at radius 2 is 2.56 bits per heavy atom. The Hall–Kier alpha value is -0.500. The Labute approximate surface area is 58.8 Å². The summed E-state index contributed by atoms with van der Waals surface area (Å²) >= 11 is 1.66. The predicted molar refractivity (Wildman–Crippen MR) is 40.4 cm³/mol. The van der Waals surface area contributed by atoms with E-state index in [0.29, 0.717) is 0 Å². The van der Waals surface area contributed by atoms with Gasteiger partial charge in [-0.25, -0.2) is 0 Å². The van der Waals surface area contributed by atoms with Gasteiger partial charge in [-0.05, 0) is 12.3 Å². The van der Waals surface area contributed by atoms with E-state index in [1.54, 1.807) is 18.7 Å². The number of hydrogen-bond acceptors (Lipinski definition) is 2. The van der Waals surface area contributed by atoms with Gasteiger partial charge in [0, 0.05) is 11.3 Å². The number of rotatable bonds is 1. The topological polar surface area (TPSA) is 17.1 Å². The van der Waals surface area contributed by atoms with Crippen molar-refractivity contribution < 1.29 is 4.79 Å². The van der Waals surface area contributed by atoms with Crippen LogP contribution in [0, 0.1) is 0 Å². The van der Waals surface area contributed by atoms with Crippen molar-refractivity contribution >= 4 is 17.5 Å². The summed E-state index contributed by atoms with van der Waals surface area (Å²) in [6, 6.07) is 0. The molecule has 2 heteroatoms. The average Bonchev–Trinajstić information content (AvgIpc) is 1.90. The molecular weight excluding hydrogens is 132 g/mol. The zero-order chi connectivity index (χ0) is 6.69. The summed E-state index contributed by atoms with van der Waals surface area (Å²) in [6.45, 7) is 1.60. The van der Waals surface area contributed by atoms with E-state index in [2.05, 4.69) is 0 Å². The first-order chi connectivity index (χ1) is 4.30. The minimum absolute atomic E-state index is 0.187. The van der Waals surface area contributed by atoms with Crippen LogP contribution in [0.25, 0.3) is 0 Å². The van der Waals surface area contributed by atoms with Crippen LogP contribution in [-0.2, 0) is 4.79 Å². The zero-order valence-electron chi connectivity index (χ0n) is 5.26. The van der Waals surface area contributed by atoms with Crippen LogP contribution < -0.4 is 0 Å². The first kappa shape index (κ1) is 6.62. The molecule has 1 rings (SSSR count). The van der Waals surface area contributed by atoms with E-state index < -0.39 is 0 Å². The van der Waals surface area contributed by atoms with Crippen molar-refractivity contribution in [3.63, 3.8) is 0 Å². The molecule has 0 amide bonds. The Morgan fingerprint density at radius 1 is 1.78 bits per heavy atom. The lowest BCUT2D eigenvalue weighted by Gasteiger charge is -2.02. The Morgan fingerprint density at radius 3 is 2.89 bits per heavy atom. The number of carbonyl (C=O) groups excluding carboxylic acids is 1. The fourth-order valence-corrected chi connectivity index (χ4v) is 1.38. The van der Waals surface area contributed by atoms with Gasteiger partial charge >= 0.3 is 0 Å². The summed E-state index contributed by atoms with van der Waals surface area (Å²) in [4.78, 5) is 10.7. The van der Waals surface area contributed by atoms with Gasteiger partial charge in [0.05, 0.1) is 0 Å². The van der Waals surface area contributed by atoms with E-state index in [1.165, 1.54) is 0 Å². The van der Waals surface area contributed by atoms with Crippen LogP contribution in [0.1, 0.15) is 6.92 Å². The second-order valence-electron chi connectivity index (χ2n) is 1.89. The molecule has 0 aliphatic carbocycles. The van der Waals surface area contributed by atoms with Gasteiger partial charge in [0.2, 0.25) is 0 Å². The highest BCUT2D eigenvalue weighted by molar-refractivity contribution is 8.02. The van der Waals surface area contributed by atoms with Crippen LogP contribution in [0.5, 0.6) is 0 Å². The van der Waals surface area contributed by atoms with Crippen molar-refractivity contribution in [2.45, 2.75) is 6.92 Å². The highest BCUT2D eigenvalue weighted by Gasteiger charge is 2.03. The third kappa shape index (κ3) is 1.72. The molecule has 0 aromatic carbocycles. The van der Waals surface area contributed by atoms with Crippen molar-refractivity contribution in [2.75, 3.05) is 5.75 Å². The largest absolute Gasteiger partial charge is 0.295 e. The SMILES string of the molecule is CC(=O)C1=CC=CSC1. The van der Waals surface area contributed by atoms with E-state index in [-0.39, 0.29) is 5.78 Å². The number of thioether (sulfide) groups is 1. The van der Waals surface area contributed by atoms with E-state index in [0.717, 1.165) is 11.3 Å². The normalized spacial score (nSPS) is 17.2. The molecule has 1 aliphatic rings. The molecule has 0 saturated carbocycles. The third-order valence-corrected chi connectivity index (χ3v) is 1.99. The summed E-state index contributed by atoms with van der Waals surface area (Å²) in [7, 11) is 0. The van der Waals surface area contributed by atoms with Gasteiger partial charge in [-0.3, -0.25) is 4.79 Å². The van der Waals surface area contributed by atoms with E-state index >= 15 is 0 Å². The van der Waals surface area contributed by atoms with Crippen molar-refractivity contribution in [1.82, 2.24) is 0 Å². The second-order valence-corrected chi connectivity index (χ2v) is 2.78. The van der Waals surface area contributed by atoms with Crippen molar-refractivity contribution in [3.8, 4) is 0 Å². The summed E-state index contributed by atoms with van der Waals surface area (Å²) in [5.41, 5.74) is 0.919. The molecule has 0 atom stereocenters. The standard InChI is InChI=1S/C7H8OS/c1-6(8)7-3-2-4-9-5-7/h2-4H,5H2,1H3. The fourth-order valence-electron chi connectivity index (χ4n) is 0.616. The molecule has 0 saturated heterocycles. The molecule has 0 bridgehead atoms. The minimum Gasteiger partial charge on any atom is -0.295 e. The zero-order valence-corrected chi connectivity index (χ0v) is 6.07. The Bertz CT molecular complexity index is 179. The maximum atomic E-state index is 10.7. The lowest BCUT2D eigenvalue weighted by Crippen LogP contribution is -1.99. The van der Waals surface area contributed by atoms with Crippen LogP contribution >= 0.6 is 11.8 Å². The van der Waals surface area contributed by atoms with Crippen LogP contribution in [0.4, 0.5) is 0 Å². The molecule has 0 aromatic heterocycles. The highest BCUT2D eigenvalue weighted by Crippen LogP contribution is 2.14. The molecular formula is C7H8OS. The van der Waals surface area contributed by atoms with Crippen LogP contribution in [0.15, 0.2) is 23.1 Å². The van der Waals surface area contributed by atoms with Gasteiger partial charge in [0.25, 0.3) is 0 Å². The van der Waals surface area contributed by atoms with Crippen LogP contribution in [-0.4, -0.2) is 11.5 Å². The second kappa shape index (κ2) is 2.87. The molecule has 0 aromatic rings. The molecule has 1 nitrogen and oxygen atoms in total. The number of allylic oxidation sites excluding steroid dienone is 2. The first-order valence-electron chi connectivity index (χ1n) is 2.79. The monoisotopic (exact) mass is 140 g/mol. The van der Waals surface area contributed by atoms with Crippen molar-refractivity contribution in [2.24, 2.45) is 0 Å². The lowest BCUT2D eigenvalue weighted by molar-refractivity contribution is -0.113. The highest BCUT2D eigenvalue weighted by atomic mass is 32.2. The summed E-state index contributed by atoms with van der Waals surface area (Å²) in [5, 5.41) is 1.99. The number of ketones is 1. The first-order valence-corrected chi connectivity index (χ1v) is 3.84. The maximum absolute atomic E-state index is 10.7. The average molecular weight is 140 g/mol. The summed E-state index contributed by atoms with van der Waals surface area (Å²) in [6.07, 6.45) is 3.78. The van der Waals surface area contributed by atoms with Gasteiger partial charge in [0.15, 0.2) is 5.78 Å². The third-order valence-electron chi connectivity index (χ3n) is 1.16. The van der Waals surface area contributed by atoms with E-state index in [4.69, 9.17) is 0 Å². The molecule has 0 N–H and O–H groups in total. The quantitative estimate of drug-likeness (QED) is 0.552. The van der Waals surface area contributed by atoms with Crippen LogP contribution in [0.2, 0.25) is 0 Å². The molecule has 0 fully saturated rings. The number of carbonyl (C=O) groups is 1. The molecule has 9 heavy (non-hydrogen) atoms.